The van der Waals surface area contributed by atoms with E-state index in [1.165, 1.54) is 9.80 Å². The van der Waals surface area contributed by atoms with Crippen molar-refractivity contribution >= 4 is 45.4 Å². The monoisotopic (exact) mass is 691 g/mol. The highest BCUT2D eigenvalue weighted by Crippen LogP contribution is 2.48. The number of rotatable bonds is 6. The van der Waals surface area contributed by atoms with Crippen LogP contribution >= 0.6 is 11.6 Å². The quantitative estimate of drug-likeness (QED) is 0.378. The number of ether oxygens (including phenoxy) is 2. The zero-order valence-electron chi connectivity index (χ0n) is 26.4. The summed E-state index contributed by atoms with van der Waals surface area (Å²) >= 11 is 6.32. The van der Waals surface area contributed by atoms with Gasteiger partial charge in [0.2, 0.25) is 11.8 Å². The summed E-state index contributed by atoms with van der Waals surface area (Å²) in [6, 6.07) is 3.52. The highest BCUT2D eigenvalue weighted by Gasteiger charge is 2.64. The van der Waals surface area contributed by atoms with E-state index in [1.54, 1.807) is 13.0 Å². The molecule has 5 atom stereocenters. The van der Waals surface area contributed by atoms with Crippen molar-refractivity contribution in [3.8, 4) is 0 Å². The van der Waals surface area contributed by atoms with Gasteiger partial charge in [-0.15, -0.1) is 0 Å². The maximum atomic E-state index is 14.0. The zero-order chi connectivity index (χ0) is 33.6. The number of benzene rings is 1. The Hall–Kier alpha value is -3.20. The number of amides is 4. The van der Waals surface area contributed by atoms with E-state index < -0.39 is 68.4 Å². The van der Waals surface area contributed by atoms with E-state index in [0.29, 0.717) is 18.0 Å². The molecule has 3 aliphatic heterocycles. The summed E-state index contributed by atoms with van der Waals surface area (Å²) in [5, 5.41) is 3.37. The van der Waals surface area contributed by atoms with Crippen LogP contribution in [0, 0.1) is 5.92 Å². The summed E-state index contributed by atoms with van der Waals surface area (Å²) in [4.78, 5) is 55.9. The standard InChI is InChI=1S/C32H42ClN5O8S/c1-2-45-31(13-14-31)47(43,44)36-29(41)32-16-21(32)10-6-4-3-5-7-12-25(34)28(40)38-18-22(15-26(38)27(39)35-32)46-30(42)37-17-20-9-8-11-24(33)23(20)19-37/h6,8-11,21-22,25-26H,2-5,7,12-19,34H2,1H3,(H,35,39)(H,36,41)/b10-6-/t21-,22-,25+,26+,32-/m1/s1. The lowest BCUT2D eigenvalue weighted by Crippen LogP contribution is -2.58. The van der Waals surface area contributed by atoms with Crippen LogP contribution in [0.3, 0.4) is 0 Å². The average Bonchev–Trinajstić information content (AvgIpc) is 3.85. The first kappa shape index (κ1) is 33.7. The van der Waals surface area contributed by atoms with Crippen LogP contribution in [0.25, 0.3) is 0 Å². The van der Waals surface area contributed by atoms with Crippen molar-refractivity contribution in [3.05, 3.63) is 46.5 Å². The first-order valence-corrected chi connectivity index (χ1v) is 18.2. The SMILES string of the molecule is CCOC1(S(=O)(=O)NC(=O)[C@@]23C[C@H]2/C=C\CCCCC[C@H](N)C(=O)N2C[C@H](OC(=O)N4Cc5cccc(Cl)c5C4)C[C@H]2C(=O)N3)CC1. The largest absolute Gasteiger partial charge is 0.444 e. The van der Waals surface area contributed by atoms with Crippen molar-refractivity contribution in [1.82, 2.24) is 19.8 Å². The Morgan fingerprint density at radius 1 is 1.17 bits per heavy atom. The van der Waals surface area contributed by atoms with Crippen LogP contribution in [0.1, 0.15) is 75.8 Å². The Morgan fingerprint density at radius 3 is 2.68 bits per heavy atom. The Morgan fingerprint density at radius 2 is 1.96 bits per heavy atom. The molecule has 2 aliphatic carbocycles. The summed E-state index contributed by atoms with van der Waals surface area (Å²) in [6.45, 7) is 2.39. The van der Waals surface area contributed by atoms with E-state index in [9.17, 15) is 27.6 Å². The van der Waals surface area contributed by atoms with Gasteiger partial charge in [-0.25, -0.2) is 17.9 Å². The molecule has 1 aromatic carbocycles. The second kappa shape index (κ2) is 13.0. The van der Waals surface area contributed by atoms with Crippen LogP contribution in [0.4, 0.5) is 4.79 Å². The van der Waals surface area contributed by atoms with Crippen LogP contribution in [0.5, 0.6) is 0 Å². The van der Waals surface area contributed by atoms with Crippen molar-refractivity contribution in [2.45, 2.75) is 106 Å². The average molecular weight is 692 g/mol. The van der Waals surface area contributed by atoms with Crippen molar-refractivity contribution < 1.29 is 37.1 Å². The Bertz CT molecular complexity index is 1580. The number of hydrogen-bond donors (Lipinski definition) is 3. The topological polar surface area (TPSA) is 177 Å². The molecule has 6 rings (SSSR count). The first-order chi connectivity index (χ1) is 22.4. The lowest BCUT2D eigenvalue weighted by atomic mass is 10.1. The molecule has 1 saturated heterocycles. The van der Waals surface area contributed by atoms with Gasteiger partial charge in [0.25, 0.3) is 15.9 Å². The highest BCUT2D eigenvalue weighted by atomic mass is 35.5. The fourth-order valence-electron chi connectivity index (χ4n) is 6.95. The second-order valence-corrected chi connectivity index (χ2v) is 15.6. The molecule has 0 radical (unpaired) electrons. The minimum Gasteiger partial charge on any atom is -0.444 e. The number of nitrogens with two attached hydrogens (primary N) is 1. The summed E-state index contributed by atoms with van der Waals surface area (Å²) in [7, 11) is -4.19. The van der Waals surface area contributed by atoms with Gasteiger partial charge in [-0.2, -0.15) is 0 Å². The van der Waals surface area contributed by atoms with Crippen molar-refractivity contribution in [3.63, 3.8) is 0 Å². The minimum atomic E-state index is -4.19. The Labute approximate surface area is 279 Å². The molecule has 0 unspecified atom stereocenters. The molecule has 4 amide bonds. The molecule has 5 aliphatic rings. The van der Waals surface area contributed by atoms with Crippen LogP contribution in [0.2, 0.25) is 5.02 Å². The number of nitrogens with zero attached hydrogens (tertiary/aromatic N) is 2. The number of carbonyl (C=O) groups is 4. The molecule has 0 aromatic heterocycles. The van der Waals surface area contributed by atoms with Crippen LogP contribution in [-0.2, 0) is 47.0 Å². The molecule has 4 N–H and O–H groups in total. The molecular formula is C32H42ClN5O8S. The van der Waals surface area contributed by atoms with Crippen molar-refractivity contribution in [1.29, 1.82) is 0 Å². The van der Waals surface area contributed by atoms with Crippen LogP contribution in [0.15, 0.2) is 30.4 Å². The van der Waals surface area contributed by atoms with Gasteiger partial charge in [0.1, 0.15) is 17.7 Å². The minimum absolute atomic E-state index is 0.0124. The molecule has 15 heteroatoms. The van der Waals surface area contributed by atoms with Crippen molar-refractivity contribution in [2.75, 3.05) is 13.2 Å². The lowest BCUT2D eigenvalue weighted by Gasteiger charge is -2.28. The fourth-order valence-corrected chi connectivity index (χ4v) is 8.73. The van der Waals surface area contributed by atoms with E-state index in [0.717, 1.165) is 36.8 Å². The second-order valence-electron chi connectivity index (χ2n) is 13.2. The molecule has 1 aromatic rings. The maximum absolute atomic E-state index is 14.0. The van der Waals surface area contributed by atoms with E-state index in [2.05, 4.69) is 10.0 Å². The number of hydrogen-bond acceptors (Lipinski definition) is 9. The summed E-state index contributed by atoms with van der Waals surface area (Å²) in [6.07, 6.45) is 6.64. The molecule has 2 saturated carbocycles. The van der Waals surface area contributed by atoms with Crippen molar-refractivity contribution in [2.24, 2.45) is 11.7 Å². The fraction of sp³-hybridized carbons (Fsp3) is 0.625. The number of carbonyl (C=O) groups excluding carboxylic acids is 4. The van der Waals surface area contributed by atoms with Gasteiger partial charge in [-0.3, -0.25) is 19.3 Å². The zero-order valence-corrected chi connectivity index (χ0v) is 28.0. The third-order valence-electron chi connectivity index (χ3n) is 9.92. The lowest BCUT2D eigenvalue weighted by molar-refractivity contribution is -0.140. The van der Waals surface area contributed by atoms with E-state index in [1.807, 2.05) is 24.3 Å². The highest BCUT2D eigenvalue weighted by molar-refractivity contribution is 7.91. The Kier molecular flexibility index (Phi) is 9.33. The van der Waals surface area contributed by atoms with E-state index >= 15 is 0 Å². The third kappa shape index (κ3) is 6.61. The van der Waals surface area contributed by atoms with Gasteiger partial charge < -0.3 is 25.4 Å². The number of halogens is 1. The van der Waals surface area contributed by atoms with Gasteiger partial charge >= 0.3 is 6.09 Å². The summed E-state index contributed by atoms with van der Waals surface area (Å²) in [5.74, 6) is -2.38. The van der Waals surface area contributed by atoms with Gasteiger partial charge in [0.05, 0.1) is 19.1 Å². The van der Waals surface area contributed by atoms with E-state index in [-0.39, 0.29) is 45.4 Å². The number of nitrogens with one attached hydrogen (secondary N) is 2. The van der Waals surface area contributed by atoms with Crippen LogP contribution in [-0.4, -0.2) is 83.8 Å². The predicted molar refractivity (Wildman–Crippen MR) is 171 cm³/mol. The number of allylic oxidation sites excluding steroid dienone is 1. The van der Waals surface area contributed by atoms with Gasteiger partial charge in [0, 0.05) is 30.5 Å². The predicted octanol–water partition coefficient (Wildman–Crippen LogP) is 2.46. The van der Waals surface area contributed by atoms with Gasteiger partial charge in [-0.1, -0.05) is 48.7 Å². The molecule has 0 spiro atoms. The third-order valence-corrected chi connectivity index (χ3v) is 12.2. The summed E-state index contributed by atoms with van der Waals surface area (Å²) in [5.41, 5.74) is 6.54. The molecular weight excluding hydrogens is 650 g/mol. The Balaban J connectivity index is 1.21. The molecule has 0 bridgehead atoms. The summed E-state index contributed by atoms with van der Waals surface area (Å²) < 4.78 is 39.9. The smallest absolute Gasteiger partial charge is 0.410 e. The number of sulfonamides is 1. The molecule has 47 heavy (non-hydrogen) atoms. The van der Waals surface area contributed by atoms with Gasteiger partial charge in [-0.05, 0) is 62.6 Å². The van der Waals surface area contributed by atoms with Crippen LogP contribution < -0.4 is 15.8 Å². The molecule has 13 nitrogen and oxygen atoms in total. The van der Waals surface area contributed by atoms with E-state index in [4.69, 9.17) is 26.8 Å². The first-order valence-electron chi connectivity index (χ1n) is 16.4. The molecule has 3 fully saturated rings. The van der Waals surface area contributed by atoms with Gasteiger partial charge in [0.15, 0.2) is 4.93 Å². The molecule has 3 heterocycles. The molecule has 256 valence electrons. The maximum Gasteiger partial charge on any atom is 0.410 e. The number of fused-ring (bicyclic) bond motifs is 3. The normalized spacial score (nSPS) is 31.0.